The minimum absolute atomic E-state index is 0.00132. The Morgan fingerprint density at radius 2 is 1.81 bits per heavy atom. The number of rotatable bonds is 5. The largest absolute Gasteiger partial charge is 0.481 e. The highest BCUT2D eigenvalue weighted by atomic mass is 16.5. The van der Waals surface area contributed by atoms with E-state index in [1.54, 1.807) is 0 Å². The Morgan fingerprint density at radius 3 is 2.29 bits per heavy atom. The molecule has 2 heterocycles. The van der Waals surface area contributed by atoms with Gasteiger partial charge in [-0.25, -0.2) is 4.79 Å². The molecule has 9 heteroatoms. The van der Waals surface area contributed by atoms with Crippen LogP contribution in [0.2, 0.25) is 0 Å². The number of ether oxygens (including phenoxy) is 3. The Kier molecular flexibility index (Phi) is 4.53. The topological polar surface area (TPSA) is 120 Å². The number of carboxylic acid groups (broad SMARTS) is 1. The van der Waals surface area contributed by atoms with Crippen LogP contribution in [-0.4, -0.2) is 53.4 Å². The molecule has 0 radical (unpaired) electrons. The van der Waals surface area contributed by atoms with Gasteiger partial charge in [0.25, 0.3) is 5.91 Å². The Labute approximate surface area is 120 Å². The van der Waals surface area contributed by atoms with Crippen molar-refractivity contribution in [1.82, 2.24) is 9.97 Å². The maximum absolute atomic E-state index is 12.0. The van der Waals surface area contributed by atoms with Gasteiger partial charge in [0.1, 0.15) is 6.10 Å². The number of carbonyl (C=O) groups excluding carboxylic acids is 1. The molecule has 0 bridgehead atoms. The van der Waals surface area contributed by atoms with E-state index in [1.807, 2.05) is 0 Å². The van der Waals surface area contributed by atoms with Crippen LogP contribution in [0, 0.1) is 0 Å². The van der Waals surface area contributed by atoms with Crippen molar-refractivity contribution < 1.29 is 28.9 Å². The first-order valence-electron chi connectivity index (χ1n) is 6.19. The molecule has 1 aliphatic heterocycles. The normalized spacial score (nSPS) is 20.9. The molecule has 0 saturated carbocycles. The van der Waals surface area contributed by atoms with Crippen LogP contribution in [0.5, 0.6) is 11.8 Å². The molecule has 1 amide bonds. The van der Waals surface area contributed by atoms with Gasteiger partial charge in [-0.05, 0) is 12.8 Å². The summed E-state index contributed by atoms with van der Waals surface area (Å²) in [7, 11) is 2.84. The van der Waals surface area contributed by atoms with Crippen molar-refractivity contribution in [2.75, 3.05) is 19.5 Å². The second-order valence-corrected chi connectivity index (χ2v) is 4.29. The zero-order valence-corrected chi connectivity index (χ0v) is 11.5. The lowest BCUT2D eigenvalue weighted by Crippen LogP contribution is -2.30. The van der Waals surface area contributed by atoms with E-state index >= 15 is 0 Å². The fourth-order valence-corrected chi connectivity index (χ4v) is 1.87. The van der Waals surface area contributed by atoms with Gasteiger partial charge in [-0.3, -0.25) is 10.1 Å². The zero-order chi connectivity index (χ0) is 15.4. The average molecular weight is 297 g/mol. The lowest BCUT2D eigenvalue weighted by Gasteiger charge is -2.11. The summed E-state index contributed by atoms with van der Waals surface area (Å²) >= 11 is 0. The second-order valence-electron chi connectivity index (χ2n) is 4.29. The zero-order valence-electron chi connectivity index (χ0n) is 11.5. The predicted molar refractivity (Wildman–Crippen MR) is 69.3 cm³/mol. The predicted octanol–water partition coefficient (Wildman–Crippen LogP) is 0.0645. The van der Waals surface area contributed by atoms with Crippen LogP contribution in [-0.2, 0) is 14.3 Å². The summed E-state index contributed by atoms with van der Waals surface area (Å²) in [5.41, 5.74) is 0. The van der Waals surface area contributed by atoms with Crippen molar-refractivity contribution in [1.29, 1.82) is 0 Å². The molecule has 2 N–H and O–H groups in total. The highest BCUT2D eigenvalue weighted by molar-refractivity contribution is 5.93. The number of nitrogens with one attached hydrogen (secondary N) is 1. The van der Waals surface area contributed by atoms with Crippen molar-refractivity contribution in [2.24, 2.45) is 0 Å². The number of amides is 1. The number of hydrogen-bond acceptors (Lipinski definition) is 7. The average Bonchev–Trinajstić information content (AvgIpc) is 2.97. The Hall–Kier alpha value is -2.42. The van der Waals surface area contributed by atoms with Crippen LogP contribution in [0.25, 0.3) is 0 Å². The Morgan fingerprint density at radius 1 is 1.24 bits per heavy atom. The maximum atomic E-state index is 12.0. The number of anilines is 1. The molecule has 0 aromatic carbocycles. The van der Waals surface area contributed by atoms with Gasteiger partial charge in [-0.1, -0.05) is 0 Å². The van der Waals surface area contributed by atoms with Crippen molar-refractivity contribution in [3.05, 3.63) is 6.07 Å². The first-order chi connectivity index (χ1) is 10.0. The van der Waals surface area contributed by atoms with Gasteiger partial charge in [0.05, 0.1) is 20.3 Å². The molecular formula is C12H15N3O6. The number of carboxylic acids is 1. The van der Waals surface area contributed by atoms with E-state index in [9.17, 15) is 9.59 Å². The van der Waals surface area contributed by atoms with E-state index in [0.717, 1.165) is 0 Å². The molecule has 9 nitrogen and oxygen atoms in total. The van der Waals surface area contributed by atoms with E-state index in [2.05, 4.69) is 15.3 Å². The fraction of sp³-hybridized carbons (Fsp3) is 0.500. The van der Waals surface area contributed by atoms with Gasteiger partial charge in [-0.2, -0.15) is 9.97 Å². The lowest BCUT2D eigenvalue weighted by molar-refractivity contribution is -0.150. The molecule has 1 saturated heterocycles. The Balaban J connectivity index is 2.04. The minimum Gasteiger partial charge on any atom is -0.481 e. The van der Waals surface area contributed by atoms with Crippen LogP contribution >= 0.6 is 0 Å². The molecular weight excluding hydrogens is 282 g/mol. The number of aliphatic carboxylic acids is 1. The fourth-order valence-electron chi connectivity index (χ4n) is 1.87. The highest BCUT2D eigenvalue weighted by Crippen LogP contribution is 2.22. The third-order valence-corrected chi connectivity index (χ3v) is 2.92. The van der Waals surface area contributed by atoms with Crippen molar-refractivity contribution >= 4 is 17.8 Å². The van der Waals surface area contributed by atoms with Gasteiger partial charge >= 0.3 is 5.97 Å². The molecule has 114 valence electrons. The smallest absolute Gasteiger partial charge is 0.332 e. The van der Waals surface area contributed by atoms with Crippen LogP contribution in [0.4, 0.5) is 5.95 Å². The van der Waals surface area contributed by atoms with Crippen molar-refractivity contribution in [2.45, 2.75) is 25.0 Å². The molecule has 0 aliphatic carbocycles. The summed E-state index contributed by atoms with van der Waals surface area (Å²) in [6, 6.07) is 1.46. The second kappa shape index (κ2) is 6.35. The number of nitrogens with zero attached hydrogens (tertiary/aromatic N) is 2. The van der Waals surface area contributed by atoms with E-state index in [4.69, 9.17) is 19.3 Å². The SMILES string of the molecule is COc1cc(OC)nc(NC(=O)C2CCC(C(=O)O)O2)n1. The van der Waals surface area contributed by atoms with Crippen molar-refractivity contribution in [3.8, 4) is 11.8 Å². The van der Waals surface area contributed by atoms with E-state index in [-0.39, 0.29) is 24.1 Å². The molecule has 2 unspecified atom stereocenters. The van der Waals surface area contributed by atoms with Gasteiger partial charge in [0.15, 0.2) is 6.10 Å². The molecule has 1 aliphatic rings. The molecule has 1 aromatic rings. The summed E-state index contributed by atoms with van der Waals surface area (Å²) in [5.74, 6) is -1.13. The summed E-state index contributed by atoms with van der Waals surface area (Å²) < 4.78 is 15.1. The van der Waals surface area contributed by atoms with Crippen LogP contribution in [0.3, 0.4) is 0 Å². The summed E-state index contributed by atoms with van der Waals surface area (Å²) in [4.78, 5) is 30.7. The summed E-state index contributed by atoms with van der Waals surface area (Å²) in [5, 5.41) is 11.3. The molecule has 1 fully saturated rings. The third-order valence-electron chi connectivity index (χ3n) is 2.92. The Bertz CT molecular complexity index is 528. The van der Waals surface area contributed by atoms with E-state index in [0.29, 0.717) is 6.42 Å². The van der Waals surface area contributed by atoms with Crippen LogP contribution in [0.15, 0.2) is 6.07 Å². The molecule has 21 heavy (non-hydrogen) atoms. The lowest BCUT2D eigenvalue weighted by atomic mass is 10.2. The van der Waals surface area contributed by atoms with E-state index in [1.165, 1.54) is 20.3 Å². The minimum atomic E-state index is -1.08. The van der Waals surface area contributed by atoms with Crippen LogP contribution < -0.4 is 14.8 Å². The highest BCUT2D eigenvalue weighted by Gasteiger charge is 2.35. The van der Waals surface area contributed by atoms with E-state index < -0.39 is 24.1 Å². The van der Waals surface area contributed by atoms with Gasteiger partial charge in [-0.15, -0.1) is 0 Å². The molecule has 1 aromatic heterocycles. The van der Waals surface area contributed by atoms with Crippen LogP contribution in [0.1, 0.15) is 12.8 Å². The number of carbonyl (C=O) groups is 2. The number of aromatic nitrogens is 2. The quantitative estimate of drug-likeness (QED) is 0.783. The van der Waals surface area contributed by atoms with Crippen molar-refractivity contribution in [3.63, 3.8) is 0 Å². The molecule has 2 rings (SSSR count). The summed E-state index contributed by atoms with van der Waals surface area (Å²) in [6.45, 7) is 0. The van der Waals surface area contributed by atoms with Gasteiger partial charge < -0.3 is 19.3 Å². The summed E-state index contributed by atoms with van der Waals surface area (Å²) in [6.07, 6.45) is -1.19. The molecule has 0 spiro atoms. The monoisotopic (exact) mass is 297 g/mol. The molecule has 2 atom stereocenters. The first kappa shape index (κ1) is 15.0. The van der Waals surface area contributed by atoms with Gasteiger partial charge in [0.2, 0.25) is 17.7 Å². The first-order valence-corrected chi connectivity index (χ1v) is 6.19. The standard InChI is InChI=1S/C12H15N3O6/c1-19-8-5-9(20-2)14-12(13-8)15-10(16)6-3-4-7(21-6)11(17)18/h5-7H,3-4H2,1-2H3,(H,17,18)(H,13,14,15,16). The van der Waals surface area contributed by atoms with Gasteiger partial charge in [0, 0.05) is 0 Å². The number of hydrogen-bond donors (Lipinski definition) is 2. The third kappa shape index (κ3) is 3.57. The maximum Gasteiger partial charge on any atom is 0.332 e. The number of methoxy groups -OCH3 is 2.